The van der Waals surface area contributed by atoms with Crippen molar-refractivity contribution in [1.29, 1.82) is 0 Å². The second-order valence-corrected chi connectivity index (χ2v) is 4.69. The Morgan fingerprint density at radius 3 is 2.57 bits per heavy atom. The minimum Gasteiger partial charge on any atom is -0.476 e. The van der Waals surface area contributed by atoms with Crippen LogP contribution in [0.2, 0.25) is 0 Å². The topological polar surface area (TPSA) is 68.0 Å². The van der Waals surface area contributed by atoms with Crippen LogP contribution in [-0.2, 0) is 0 Å². The van der Waals surface area contributed by atoms with Crippen LogP contribution in [-0.4, -0.2) is 25.8 Å². The van der Waals surface area contributed by atoms with Crippen molar-refractivity contribution in [3.8, 4) is 17.1 Å². The third-order valence-corrected chi connectivity index (χ3v) is 3.12. The van der Waals surface area contributed by atoms with Crippen LogP contribution in [0.1, 0.15) is 16.1 Å². The van der Waals surface area contributed by atoms with Gasteiger partial charge in [-0.1, -0.05) is 30.3 Å². The molecule has 2 aromatic heterocycles. The first-order chi connectivity index (χ1) is 10.1. The average Bonchev–Trinajstić information content (AvgIpc) is 2.93. The first kappa shape index (κ1) is 13.1. The number of nitrogens with zero attached hydrogens (tertiary/aromatic N) is 3. The summed E-state index contributed by atoms with van der Waals surface area (Å²) in [5, 5.41) is 13.3. The fourth-order valence-electron chi connectivity index (χ4n) is 2.11. The number of rotatable bonds is 3. The van der Waals surface area contributed by atoms with Crippen LogP contribution in [0, 0.1) is 6.92 Å². The van der Waals surface area contributed by atoms with Crippen LogP contribution in [0.15, 0.2) is 54.7 Å². The van der Waals surface area contributed by atoms with Gasteiger partial charge in [0.15, 0.2) is 11.5 Å². The Morgan fingerprint density at radius 1 is 1.14 bits per heavy atom. The summed E-state index contributed by atoms with van der Waals surface area (Å²) in [6, 6.07) is 14.8. The van der Waals surface area contributed by atoms with Crippen molar-refractivity contribution in [1.82, 2.24) is 14.8 Å². The lowest BCUT2D eigenvalue weighted by molar-refractivity contribution is 0.0690. The molecule has 0 saturated carbocycles. The molecule has 5 nitrogen and oxygen atoms in total. The standard InChI is InChI=1S/C16H13N3O2/c1-11-7-8-17-15(9-11)19-14(10-13(18-19)16(20)21)12-5-3-2-4-6-12/h2-10H,1H3,(H,20,21). The molecule has 0 amide bonds. The van der Waals surface area contributed by atoms with Gasteiger partial charge in [-0.3, -0.25) is 0 Å². The summed E-state index contributed by atoms with van der Waals surface area (Å²) < 4.78 is 1.56. The van der Waals surface area contributed by atoms with Crippen LogP contribution in [0.4, 0.5) is 0 Å². The molecule has 1 aromatic carbocycles. The first-order valence-corrected chi connectivity index (χ1v) is 6.47. The zero-order valence-electron chi connectivity index (χ0n) is 11.4. The Hall–Kier alpha value is -2.95. The van der Waals surface area contributed by atoms with E-state index in [-0.39, 0.29) is 5.69 Å². The van der Waals surface area contributed by atoms with Gasteiger partial charge >= 0.3 is 5.97 Å². The molecule has 0 aliphatic carbocycles. The fourth-order valence-corrected chi connectivity index (χ4v) is 2.11. The average molecular weight is 279 g/mol. The van der Waals surface area contributed by atoms with E-state index in [0.29, 0.717) is 11.5 Å². The molecule has 0 radical (unpaired) electrons. The summed E-state index contributed by atoms with van der Waals surface area (Å²) >= 11 is 0. The molecule has 0 atom stereocenters. The molecule has 0 bridgehead atoms. The van der Waals surface area contributed by atoms with Crippen molar-refractivity contribution >= 4 is 5.97 Å². The minimum absolute atomic E-state index is 0.00263. The highest BCUT2D eigenvalue weighted by Gasteiger charge is 2.16. The molecule has 21 heavy (non-hydrogen) atoms. The molecule has 0 spiro atoms. The Labute approximate surface area is 121 Å². The zero-order chi connectivity index (χ0) is 14.8. The van der Waals surface area contributed by atoms with Crippen LogP contribution < -0.4 is 0 Å². The van der Waals surface area contributed by atoms with Crippen molar-refractivity contribution < 1.29 is 9.90 Å². The van der Waals surface area contributed by atoms with E-state index in [9.17, 15) is 9.90 Å². The number of benzene rings is 1. The maximum atomic E-state index is 11.2. The molecule has 3 rings (SSSR count). The van der Waals surface area contributed by atoms with Gasteiger partial charge < -0.3 is 5.11 Å². The van der Waals surface area contributed by atoms with Gasteiger partial charge in [0.05, 0.1) is 5.69 Å². The van der Waals surface area contributed by atoms with E-state index >= 15 is 0 Å². The predicted molar refractivity (Wildman–Crippen MR) is 78.5 cm³/mol. The number of aryl methyl sites for hydroxylation is 1. The van der Waals surface area contributed by atoms with Crippen molar-refractivity contribution in [3.05, 3.63) is 66.0 Å². The Kier molecular flexibility index (Phi) is 3.23. The molecule has 0 saturated heterocycles. The van der Waals surface area contributed by atoms with E-state index in [4.69, 9.17) is 0 Å². The smallest absolute Gasteiger partial charge is 0.356 e. The summed E-state index contributed by atoms with van der Waals surface area (Å²) in [4.78, 5) is 15.5. The molecule has 2 heterocycles. The highest BCUT2D eigenvalue weighted by atomic mass is 16.4. The SMILES string of the molecule is Cc1ccnc(-n2nc(C(=O)O)cc2-c2ccccc2)c1. The lowest BCUT2D eigenvalue weighted by Crippen LogP contribution is -2.04. The Morgan fingerprint density at radius 2 is 1.90 bits per heavy atom. The van der Waals surface area contributed by atoms with E-state index in [2.05, 4.69) is 10.1 Å². The van der Waals surface area contributed by atoms with Crippen LogP contribution in [0.25, 0.3) is 17.1 Å². The van der Waals surface area contributed by atoms with E-state index in [0.717, 1.165) is 11.1 Å². The van der Waals surface area contributed by atoms with E-state index in [1.807, 2.05) is 49.4 Å². The first-order valence-electron chi connectivity index (χ1n) is 6.47. The molecular formula is C16H13N3O2. The fraction of sp³-hybridized carbons (Fsp3) is 0.0625. The summed E-state index contributed by atoms with van der Waals surface area (Å²) in [5.74, 6) is -0.458. The summed E-state index contributed by atoms with van der Waals surface area (Å²) in [6.45, 7) is 1.95. The van der Waals surface area contributed by atoms with Crippen molar-refractivity contribution in [3.63, 3.8) is 0 Å². The third kappa shape index (κ3) is 2.53. The molecule has 0 fully saturated rings. The lowest BCUT2D eigenvalue weighted by atomic mass is 10.1. The largest absolute Gasteiger partial charge is 0.476 e. The van der Waals surface area contributed by atoms with Gasteiger partial charge in [0.2, 0.25) is 0 Å². The maximum absolute atomic E-state index is 11.2. The van der Waals surface area contributed by atoms with E-state index in [1.54, 1.807) is 16.9 Å². The molecule has 0 aliphatic rings. The quantitative estimate of drug-likeness (QED) is 0.800. The van der Waals surface area contributed by atoms with Crippen LogP contribution in [0.3, 0.4) is 0 Å². The highest BCUT2D eigenvalue weighted by Crippen LogP contribution is 2.23. The summed E-state index contributed by atoms with van der Waals surface area (Å²) in [6.07, 6.45) is 1.68. The number of aromatic nitrogens is 3. The number of carbonyl (C=O) groups is 1. The van der Waals surface area contributed by atoms with Gasteiger partial charge in [0, 0.05) is 11.8 Å². The number of hydrogen-bond acceptors (Lipinski definition) is 3. The van der Waals surface area contributed by atoms with Gasteiger partial charge in [0.25, 0.3) is 0 Å². The van der Waals surface area contributed by atoms with Crippen molar-refractivity contribution in [2.75, 3.05) is 0 Å². The normalized spacial score (nSPS) is 10.5. The molecule has 3 aromatic rings. The Bertz CT molecular complexity index is 794. The number of pyridine rings is 1. The second-order valence-electron chi connectivity index (χ2n) is 4.69. The highest BCUT2D eigenvalue weighted by molar-refractivity contribution is 5.87. The molecular weight excluding hydrogens is 266 g/mol. The van der Waals surface area contributed by atoms with E-state index in [1.165, 1.54) is 0 Å². The van der Waals surface area contributed by atoms with Gasteiger partial charge in [0.1, 0.15) is 0 Å². The monoisotopic (exact) mass is 279 g/mol. The van der Waals surface area contributed by atoms with Crippen molar-refractivity contribution in [2.45, 2.75) is 6.92 Å². The number of carboxylic acid groups (broad SMARTS) is 1. The molecule has 1 N–H and O–H groups in total. The van der Waals surface area contributed by atoms with Crippen LogP contribution >= 0.6 is 0 Å². The third-order valence-electron chi connectivity index (χ3n) is 3.12. The van der Waals surface area contributed by atoms with Gasteiger partial charge in [-0.05, 0) is 30.7 Å². The molecule has 104 valence electrons. The summed E-state index contributed by atoms with van der Waals surface area (Å²) in [5.41, 5.74) is 2.62. The second kappa shape index (κ2) is 5.20. The minimum atomic E-state index is -1.06. The lowest BCUT2D eigenvalue weighted by Gasteiger charge is -2.07. The molecule has 0 aliphatic heterocycles. The van der Waals surface area contributed by atoms with E-state index < -0.39 is 5.97 Å². The number of hydrogen-bond donors (Lipinski definition) is 1. The molecule has 0 unspecified atom stereocenters. The predicted octanol–water partition coefficient (Wildman–Crippen LogP) is 2.94. The maximum Gasteiger partial charge on any atom is 0.356 e. The van der Waals surface area contributed by atoms with Crippen molar-refractivity contribution in [2.24, 2.45) is 0 Å². The van der Waals surface area contributed by atoms with Gasteiger partial charge in [-0.15, -0.1) is 0 Å². The van der Waals surface area contributed by atoms with Gasteiger partial charge in [-0.2, -0.15) is 5.10 Å². The summed E-state index contributed by atoms with van der Waals surface area (Å²) in [7, 11) is 0. The van der Waals surface area contributed by atoms with Crippen LogP contribution in [0.5, 0.6) is 0 Å². The number of carboxylic acids is 1. The number of aromatic carboxylic acids is 1. The zero-order valence-corrected chi connectivity index (χ0v) is 11.4. The van der Waals surface area contributed by atoms with Gasteiger partial charge in [-0.25, -0.2) is 14.5 Å². The molecule has 5 heteroatoms. The Balaban J connectivity index is 2.21.